The number of methoxy groups -OCH3 is 1. The smallest absolute Gasteiger partial charge is 0.137 e. The van der Waals surface area contributed by atoms with E-state index in [0.717, 1.165) is 5.56 Å². The van der Waals surface area contributed by atoms with Crippen LogP contribution in [0.25, 0.3) is 6.08 Å². The van der Waals surface area contributed by atoms with Crippen molar-refractivity contribution < 1.29 is 4.74 Å². The first-order valence-electron chi connectivity index (χ1n) is 4.65. The summed E-state index contributed by atoms with van der Waals surface area (Å²) in [7, 11) is 1.62. The molecule has 1 aromatic carbocycles. The normalized spacial score (nSPS) is 11.2. The van der Waals surface area contributed by atoms with Gasteiger partial charge in [0.05, 0.1) is 12.1 Å². The summed E-state index contributed by atoms with van der Waals surface area (Å²) in [4.78, 5) is 0. The van der Waals surface area contributed by atoms with Gasteiger partial charge < -0.3 is 4.74 Å². The highest BCUT2D eigenvalue weighted by Gasteiger charge is 1.99. The summed E-state index contributed by atoms with van der Waals surface area (Å²) in [6.45, 7) is 4.28. The molecule has 0 radical (unpaired) electrons. The highest BCUT2D eigenvalue weighted by molar-refractivity contribution is 6.32. The summed E-state index contributed by atoms with van der Waals surface area (Å²) in [6.07, 6.45) is 4.20. The van der Waals surface area contributed by atoms with E-state index in [-0.39, 0.29) is 0 Å². The Labute approximate surface area is 90.3 Å². The average molecular weight is 211 g/mol. The molecule has 0 saturated heterocycles. The molecule has 0 atom stereocenters. The van der Waals surface area contributed by atoms with Crippen LogP contribution in [0.1, 0.15) is 19.4 Å². The van der Waals surface area contributed by atoms with Gasteiger partial charge in [-0.05, 0) is 23.6 Å². The molecule has 0 fully saturated rings. The maximum absolute atomic E-state index is 5.99. The van der Waals surface area contributed by atoms with Crippen molar-refractivity contribution in [3.8, 4) is 5.75 Å². The number of ether oxygens (including phenoxy) is 1. The number of benzene rings is 1. The maximum atomic E-state index is 5.99. The lowest BCUT2D eigenvalue weighted by Gasteiger charge is -2.03. The van der Waals surface area contributed by atoms with Crippen molar-refractivity contribution in [2.75, 3.05) is 7.11 Å². The molecule has 14 heavy (non-hydrogen) atoms. The number of halogens is 1. The molecule has 0 unspecified atom stereocenters. The third-order valence-electron chi connectivity index (χ3n) is 1.85. The first kappa shape index (κ1) is 11.1. The van der Waals surface area contributed by atoms with E-state index in [9.17, 15) is 0 Å². The van der Waals surface area contributed by atoms with Gasteiger partial charge in [-0.1, -0.05) is 43.7 Å². The highest BCUT2D eigenvalue weighted by atomic mass is 35.5. The first-order chi connectivity index (χ1) is 6.63. The number of hydrogen-bond acceptors (Lipinski definition) is 1. The molecular weight excluding hydrogens is 196 g/mol. The van der Waals surface area contributed by atoms with Crippen LogP contribution in [0, 0.1) is 5.92 Å². The van der Waals surface area contributed by atoms with Crippen LogP contribution in [0.3, 0.4) is 0 Å². The van der Waals surface area contributed by atoms with Crippen molar-refractivity contribution in [1.82, 2.24) is 0 Å². The molecule has 76 valence electrons. The molecule has 1 rings (SSSR count). The van der Waals surface area contributed by atoms with Gasteiger partial charge >= 0.3 is 0 Å². The molecule has 0 aliphatic heterocycles. The van der Waals surface area contributed by atoms with E-state index in [1.165, 1.54) is 0 Å². The lowest BCUT2D eigenvalue weighted by atomic mass is 10.1. The van der Waals surface area contributed by atoms with Gasteiger partial charge in [0.15, 0.2) is 0 Å². The zero-order chi connectivity index (χ0) is 10.6. The van der Waals surface area contributed by atoms with Gasteiger partial charge in [-0.3, -0.25) is 0 Å². The first-order valence-corrected chi connectivity index (χ1v) is 5.03. The predicted molar refractivity (Wildman–Crippen MR) is 61.9 cm³/mol. The van der Waals surface area contributed by atoms with E-state index >= 15 is 0 Å². The van der Waals surface area contributed by atoms with E-state index in [1.807, 2.05) is 18.2 Å². The molecule has 0 aromatic heterocycles. The van der Waals surface area contributed by atoms with Crippen molar-refractivity contribution in [2.24, 2.45) is 5.92 Å². The van der Waals surface area contributed by atoms with Crippen molar-refractivity contribution >= 4 is 17.7 Å². The monoisotopic (exact) mass is 210 g/mol. The molecule has 0 aliphatic carbocycles. The molecule has 0 N–H and O–H groups in total. The second-order valence-corrected chi connectivity index (χ2v) is 3.90. The van der Waals surface area contributed by atoms with E-state index < -0.39 is 0 Å². The summed E-state index contributed by atoms with van der Waals surface area (Å²) in [5.74, 6) is 1.27. The molecule has 1 aromatic rings. The number of hydrogen-bond donors (Lipinski definition) is 0. The van der Waals surface area contributed by atoms with E-state index in [0.29, 0.717) is 16.7 Å². The third kappa shape index (κ3) is 3.08. The van der Waals surface area contributed by atoms with Crippen LogP contribution in [0.15, 0.2) is 24.3 Å². The van der Waals surface area contributed by atoms with Crippen molar-refractivity contribution in [3.63, 3.8) is 0 Å². The molecule has 0 bridgehead atoms. The molecule has 1 nitrogen and oxygen atoms in total. The van der Waals surface area contributed by atoms with Gasteiger partial charge in [0.2, 0.25) is 0 Å². The van der Waals surface area contributed by atoms with E-state index in [2.05, 4.69) is 26.0 Å². The molecule has 0 saturated carbocycles. The Bertz CT molecular complexity index is 329. The zero-order valence-corrected chi connectivity index (χ0v) is 9.51. The molecule has 2 heteroatoms. The van der Waals surface area contributed by atoms with Gasteiger partial charge in [0.25, 0.3) is 0 Å². The SMILES string of the molecule is COc1ccc(/C=C/C(C)C)cc1Cl. The van der Waals surface area contributed by atoms with Gasteiger partial charge in [0.1, 0.15) is 5.75 Å². The average Bonchev–Trinajstić information content (AvgIpc) is 2.15. The molecular formula is C12H15ClO. The fourth-order valence-corrected chi connectivity index (χ4v) is 1.36. The Morgan fingerprint density at radius 2 is 2.07 bits per heavy atom. The maximum Gasteiger partial charge on any atom is 0.137 e. The van der Waals surface area contributed by atoms with Crippen molar-refractivity contribution in [1.29, 1.82) is 0 Å². The minimum atomic E-state index is 0.552. The van der Waals surface area contributed by atoms with Crippen LogP contribution in [-0.4, -0.2) is 7.11 Å². The minimum Gasteiger partial charge on any atom is -0.495 e. The van der Waals surface area contributed by atoms with Crippen LogP contribution in [0.2, 0.25) is 5.02 Å². The Balaban J connectivity index is 2.86. The van der Waals surface area contributed by atoms with E-state index in [4.69, 9.17) is 16.3 Å². The number of allylic oxidation sites excluding steroid dienone is 1. The van der Waals surface area contributed by atoms with Crippen LogP contribution in [0.5, 0.6) is 5.75 Å². The summed E-state index contributed by atoms with van der Waals surface area (Å²) < 4.78 is 5.07. The van der Waals surface area contributed by atoms with Crippen molar-refractivity contribution in [2.45, 2.75) is 13.8 Å². The molecule has 0 aliphatic rings. The topological polar surface area (TPSA) is 9.23 Å². The second-order valence-electron chi connectivity index (χ2n) is 3.50. The third-order valence-corrected chi connectivity index (χ3v) is 2.14. The fourth-order valence-electron chi connectivity index (χ4n) is 1.09. The van der Waals surface area contributed by atoms with Crippen LogP contribution >= 0.6 is 11.6 Å². The Morgan fingerprint density at radius 1 is 1.36 bits per heavy atom. The molecule has 0 amide bonds. The largest absolute Gasteiger partial charge is 0.495 e. The van der Waals surface area contributed by atoms with Crippen LogP contribution in [0.4, 0.5) is 0 Å². The zero-order valence-electron chi connectivity index (χ0n) is 8.75. The summed E-state index contributed by atoms with van der Waals surface area (Å²) in [5.41, 5.74) is 1.10. The van der Waals surface area contributed by atoms with Crippen molar-refractivity contribution in [3.05, 3.63) is 34.9 Å². The van der Waals surface area contributed by atoms with Gasteiger partial charge in [-0.15, -0.1) is 0 Å². The molecule has 0 heterocycles. The van der Waals surface area contributed by atoms with Crippen LogP contribution in [-0.2, 0) is 0 Å². The van der Waals surface area contributed by atoms with E-state index in [1.54, 1.807) is 7.11 Å². The number of rotatable bonds is 3. The predicted octanol–water partition coefficient (Wildman–Crippen LogP) is 4.02. The lowest BCUT2D eigenvalue weighted by molar-refractivity contribution is 0.415. The second kappa shape index (κ2) is 5.06. The minimum absolute atomic E-state index is 0.552. The molecule has 0 spiro atoms. The summed E-state index contributed by atoms with van der Waals surface area (Å²) in [6, 6.07) is 5.77. The Morgan fingerprint density at radius 3 is 2.57 bits per heavy atom. The van der Waals surface area contributed by atoms with Gasteiger partial charge in [-0.25, -0.2) is 0 Å². The van der Waals surface area contributed by atoms with Gasteiger partial charge in [-0.2, -0.15) is 0 Å². The fraction of sp³-hybridized carbons (Fsp3) is 0.333. The highest BCUT2D eigenvalue weighted by Crippen LogP contribution is 2.25. The Kier molecular flexibility index (Phi) is 4.02. The quantitative estimate of drug-likeness (QED) is 0.732. The Hall–Kier alpha value is -0.950. The summed E-state index contributed by atoms with van der Waals surface area (Å²) >= 11 is 5.99. The standard InChI is InChI=1S/C12H15ClO/c1-9(2)4-5-10-6-7-12(14-3)11(13)8-10/h4-9H,1-3H3/b5-4+. The van der Waals surface area contributed by atoms with Crippen LogP contribution < -0.4 is 4.74 Å². The summed E-state index contributed by atoms with van der Waals surface area (Å²) in [5, 5.41) is 0.651. The lowest BCUT2D eigenvalue weighted by Crippen LogP contribution is -1.84. The van der Waals surface area contributed by atoms with Gasteiger partial charge in [0, 0.05) is 0 Å².